The lowest BCUT2D eigenvalue weighted by Gasteiger charge is -2.06. The summed E-state index contributed by atoms with van der Waals surface area (Å²) in [5.41, 5.74) is 0.373. The number of carboxylic acids is 2. The predicted molar refractivity (Wildman–Crippen MR) is 65.8 cm³/mol. The molecule has 0 unspecified atom stereocenters. The minimum absolute atomic E-state index is 0.0398. The van der Waals surface area contributed by atoms with Crippen LogP contribution < -0.4 is 0 Å². The van der Waals surface area contributed by atoms with Crippen LogP contribution >= 0.6 is 0 Å². The lowest BCUT2D eigenvalue weighted by Crippen LogP contribution is -2.02. The molecule has 0 spiro atoms. The van der Waals surface area contributed by atoms with Gasteiger partial charge in [-0.05, 0) is 23.6 Å². The molecule has 2 N–H and O–H groups in total. The Morgan fingerprint density at radius 2 is 1.83 bits per heavy atom. The molecule has 0 saturated heterocycles. The summed E-state index contributed by atoms with van der Waals surface area (Å²) in [5, 5.41) is 18.9. The maximum Gasteiger partial charge on any atom is 0.336 e. The summed E-state index contributed by atoms with van der Waals surface area (Å²) in [6.07, 6.45) is 5.32. The summed E-state index contributed by atoms with van der Waals surface area (Å²) in [4.78, 5) is 22.1. The van der Waals surface area contributed by atoms with Gasteiger partial charge in [0.1, 0.15) is 0 Å². The Balaban J connectivity index is 2.93. The monoisotopic (exact) mass is 240 g/mol. The van der Waals surface area contributed by atoms with Crippen molar-refractivity contribution in [3.05, 3.63) is 47.0 Å². The fourth-order valence-corrected chi connectivity index (χ4v) is 1.84. The van der Waals surface area contributed by atoms with Gasteiger partial charge in [-0.15, -0.1) is 6.42 Å². The first-order valence-corrected chi connectivity index (χ1v) is 5.04. The summed E-state index contributed by atoms with van der Waals surface area (Å²) in [5.74, 6) is 0.134. The van der Waals surface area contributed by atoms with E-state index in [1.54, 1.807) is 12.1 Å². The minimum atomic E-state index is -1.10. The zero-order valence-electron chi connectivity index (χ0n) is 9.18. The molecule has 88 valence electrons. The van der Waals surface area contributed by atoms with Gasteiger partial charge in [0.25, 0.3) is 0 Å². The van der Waals surface area contributed by atoms with Crippen molar-refractivity contribution < 1.29 is 19.8 Å². The highest BCUT2D eigenvalue weighted by atomic mass is 16.4. The van der Waals surface area contributed by atoms with Gasteiger partial charge in [0.05, 0.1) is 11.1 Å². The number of hydrogen-bond acceptors (Lipinski definition) is 2. The van der Waals surface area contributed by atoms with Crippen LogP contribution in [0, 0.1) is 12.3 Å². The third-order valence-electron chi connectivity index (χ3n) is 2.61. The zero-order chi connectivity index (χ0) is 13.3. The van der Waals surface area contributed by atoms with Crippen molar-refractivity contribution in [2.45, 2.75) is 0 Å². The number of terminal acetylenes is 1. The molecule has 0 atom stereocenters. The Morgan fingerprint density at radius 3 is 2.39 bits per heavy atom. The quantitative estimate of drug-likeness (QED) is 0.789. The summed E-state index contributed by atoms with van der Waals surface area (Å²) in [7, 11) is 0. The molecule has 0 aliphatic carbocycles. The number of carbonyl (C=O) groups is 2. The van der Waals surface area contributed by atoms with Gasteiger partial charge in [-0.25, -0.2) is 9.59 Å². The molecule has 0 heterocycles. The van der Waals surface area contributed by atoms with E-state index in [9.17, 15) is 9.59 Å². The van der Waals surface area contributed by atoms with E-state index in [0.717, 1.165) is 0 Å². The number of carboxylic acid groups (broad SMARTS) is 2. The molecule has 4 nitrogen and oxygen atoms in total. The molecule has 0 amide bonds. The fourth-order valence-electron chi connectivity index (χ4n) is 1.84. The Labute approximate surface area is 102 Å². The van der Waals surface area contributed by atoms with E-state index in [1.807, 2.05) is 0 Å². The van der Waals surface area contributed by atoms with Crippen LogP contribution in [0.25, 0.3) is 10.8 Å². The summed E-state index contributed by atoms with van der Waals surface area (Å²) in [6, 6.07) is 7.33. The van der Waals surface area contributed by atoms with Gasteiger partial charge in [0.2, 0.25) is 0 Å². The maximum absolute atomic E-state index is 11.1. The fraction of sp³-hybridized carbons (Fsp3) is 0. The van der Waals surface area contributed by atoms with E-state index in [4.69, 9.17) is 16.6 Å². The van der Waals surface area contributed by atoms with Crippen LogP contribution in [0.5, 0.6) is 0 Å². The van der Waals surface area contributed by atoms with Crippen molar-refractivity contribution >= 4 is 22.7 Å². The second-order valence-corrected chi connectivity index (χ2v) is 3.68. The summed E-state index contributed by atoms with van der Waals surface area (Å²) < 4.78 is 0. The average Bonchev–Trinajstić information content (AvgIpc) is 2.36. The van der Waals surface area contributed by atoms with Gasteiger partial charge in [-0.1, -0.05) is 18.1 Å². The van der Waals surface area contributed by atoms with E-state index in [1.165, 1.54) is 18.2 Å². The summed E-state index contributed by atoms with van der Waals surface area (Å²) in [6.45, 7) is 0. The van der Waals surface area contributed by atoms with E-state index in [-0.39, 0.29) is 16.7 Å². The van der Waals surface area contributed by atoms with Crippen LogP contribution in [0.15, 0.2) is 30.3 Å². The molecule has 2 rings (SSSR count). The molecule has 4 heteroatoms. The molecule has 18 heavy (non-hydrogen) atoms. The van der Waals surface area contributed by atoms with E-state index < -0.39 is 11.9 Å². The van der Waals surface area contributed by atoms with E-state index in [2.05, 4.69) is 5.92 Å². The Kier molecular flexibility index (Phi) is 2.74. The van der Waals surface area contributed by atoms with Crippen molar-refractivity contribution in [2.75, 3.05) is 0 Å². The molecule has 0 saturated carbocycles. The van der Waals surface area contributed by atoms with Crippen LogP contribution in [0.1, 0.15) is 26.3 Å². The molecule has 0 fully saturated rings. The van der Waals surface area contributed by atoms with Crippen molar-refractivity contribution in [1.29, 1.82) is 0 Å². The van der Waals surface area contributed by atoms with Gasteiger partial charge < -0.3 is 10.2 Å². The van der Waals surface area contributed by atoms with Gasteiger partial charge in [-0.3, -0.25) is 0 Å². The second kappa shape index (κ2) is 4.22. The van der Waals surface area contributed by atoms with Crippen molar-refractivity contribution in [2.24, 2.45) is 0 Å². The first-order chi connectivity index (χ1) is 8.54. The third kappa shape index (κ3) is 1.78. The molecular formula is C14H8O4. The van der Waals surface area contributed by atoms with Crippen LogP contribution in [0.3, 0.4) is 0 Å². The Bertz CT molecular complexity index is 708. The predicted octanol–water partition coefficient (Wildman–Crippen LogP) is 2.22. The number of rotatable bonds is 2. The Morgan fingerprint density at radius 1 is 1.11 bits per heavy atom. The maximum atomic E-state index is 11.1. The normalized spacial score (nSPS) is 9.94. The number of benzene rings is 2. The van der Waals surface area contributed by atoms with Crippen molar-refractivity contribution in [1.82, 2.24) is 0 Å². The van der Waals surface area contributed by atoms with Crippen LogP contribution in [0.2, 0.25) is 0 Å². The standard InChI is InChI=1S/C14H8O4/c1-2-8-6-10(13(15)16)7-9-4-3-5-11(12(8)9)14(17)18/h1,3-7H,(H,15,16)(H,17,18). The highest BCUT2D eigenvalue weighted by molar-refractivity contribution is 6.08. The van der Waals surface area contributed by atoms with Crippen LogP contribution in [0.4, 0.5) is 0 Å². The highest BCUT2D eigenvalue weighted by Crippen LogP contribution is 2.24. The zero-order valence-corrected chi connectivity index (χ0v) is 9.18. The van der Waals surface area contributed by atoms with Gasteiger partial charge >= 0.3 is 11.9 Å². The molecule has 0 bridgehead atoms. The molecule has 2 aromatic rings. The SMILES string of the molecule is C#Cc1cc(C(=O)O)cc2cccc(C(=O)O)c12. The van der Waals surface area contributed by atoms with Crippen LogP contribution in [-0.2, 0) is 0 Å². The third-order valence-corrected chi connectivity index (χ3v) is 2.61. The molecule has 2 aromatic carbocycles. The number of aromatic carboxylic acids is 2. The van der Waals surface area contributed by atoms with Crippen molar-refractivity contribution in [3.63, 3.8) is 0 Å². The topological polar surface area (TPSA) is 74.6 Å². The lowest BCUT2D eigenvalue weighted by molar-refractivity contribution is 0.0688. The van der Waals surface area contributed by atoms with Gasteiger partial charge in [-0.2, -0.15) is 0 Å². The molecular weight excluding hydrogens is 232 g/mol. The highest BCUT2D eigenvalue weighted by Gasteiger charge is 2.14. The van der Waals surface area contributed by atoms with Crippen LogP contribution in [-0.4, -0.2) is 22.2 Å². The largest absolute Gasteiger partial charge is 0.478 e. The first-order valence-electron chi connectivity index (χ1n) is 5.04. The van der Waals surface area contributed by atoms with E-state index in [0.29, 0.717) is 10.8 Å². The number of fused-ring (bicyclic) bond motifs is 1. The van der Waals surface area contributed by atoms with Crippen molar-refractivity contribution in [3.8, 4) is 12.3 Å². The minimum Gasteiger partial charge on any atom is -0.478 e. The van der Waals surface area contributed by atoms with E-state index >= 15 is 0 Å². The Hall–Kier alpha value is -2.80. The lowest BCUT2D eigenvalue weighted by atomic mass is 9.97. The molecule has 0 radical (unpaired) electrons. The summed E-state index contributed by atoms with van der Waals surface area (Å²) >= 11 is 0. The first kappa shape index (κ1) is 11.7. The second-order valence-electron chi connectivity index (χ2n) is 3.68. The smallest absolute Gasteiger partial charge is 0.336 e. The average molecular weight is 240 g/mol. The van der Waals surface area contributed by atoms with Gasteiger partial charge in [0, 0.05) is 10.9 Å². The molecule has 0 aliphatic rings. The molecule has 0 aliphatic heterocycles. The van der Waals surface area contributed by atoms with Gasteiger partial charge in [0.15, 0.2) is 0 Å². The number of hydrogen-bond donors (Lipinski definition) is 2. The molecule has 0 aromatic heterocycles.